The molecule has 0 atom stereocenters. The molecule has 0 unspecified atom stereocenters. The molecule has 0 radical (unpaired) electrons. The lowest BCUT2D eigenvalue weighted by molar-refractivity contribution is -0.135. The van der Waals surface area contributed by atoms with Gasteiger partial charge in [0.2, 0.25) is 5.91 Å². The van der Waals surface area contributed by atoms with Crippen LogP contribution in [0.4, 0.5) is 0 Å². The van der Waals surface area contributed by atoms with E-state index < -0.39 is 0 Å². The summed E-state index contributed by atoms with van der Waals surface area (Å²) in [6.45, 7) is 6.20. The van der Waals surface area contributed by atoms with E-state index in [1.54, 1.807) is 17.0 Å². The normalized spacial score (nSPS) is 16.0. The van der Waals surface area contributed by atoms with Crippen LogP contribution in [0.25, 0.3) is 0 Å². The van der Waals surface area contributed by atoms with Crippen LogP contribution < -0.4 is 0 Å². The maximum absolute atomic E-state index is 12.2. The van der Waals surface area contributed by atoms with Crippen molar-refractivity contribution < 1.29 is 9.59 Å². The minimum absolute atomic E-state index is 0.00791. The molecule has 0 spiro atoms. The van der Waals surface area contributed by atoms with Crippen LogP contribution in [0.1, 0.15) is 23.5 Å². The van der Waals surface area contributed by atoms with Crippen LogP contribution in [0.2, 0.25) is 4.34 Å². The van der Waals surface area contributed by atoms with Crippen molar-refractivity contribution in [2.75, 3.05) is 26.2 Å². The molecule has 2 heterocycles. The monoisotopic (exact) mass is 300 g/mol. The summed E-state index contributed by atoms with van der Waals surface area (Å²) >= 11 is 7.13. The molecule has 4 nitrogen and oxygen atoms in total. The fraction of sp³-hybridized carbons (Fsp3) is 0.538. The molecular weight excluding hydrogens is 284 g/mol. The molecule has 1 saturated heterocycles. The summed E-state index contributed by atoms with van der Waals surface area (Å²) in [5.41, 5.74) is 0. The zero-order valence-electron chi connectivity index (χ0n) is 11.1. The Bertz CT molecular complexity index is 479. The quantitative estimate of drug-likeness (QED) is 0.841. The zero-order chi connectivity index (χ0) is 14.0. The molecule has 1 fully saturated rings. The van der Waals surface area contributed by atoms with Crippen molar-refractivity contribution in [3.05, 3.63) is 21.3 Å². The Labute approximate surface area is 121 Å². The van der Waals surface area contributed by atoms with Crippen LogP contribution in [-0.2, 0) is 4.79 Å². The molecule has 1 aromatic heterocycles. The highest BCUT2D eigenvalue weighted by Crippen LogP contribution is 2.23. The molecular formula is C13H17ClN2O2S. The maximum Gasteiger partial charge on any atom is 0.264 e. The Morgan fingerprint density at radius 3 is 2.21 bits per heavy atom. The highest BCUT2D eigenvalue weighted by molar-refractivity contribution is 7.17. The van der Waals surface area contributed by atoms with Crippen LogP contribution in [0.5, 0.6) is 0 Å². The van der Waals surface area contributed by atoms with Gasteiger partial charge in [-0.1, -0.05) is 25.4 Å². The fourth-order valence-electron chi connectivity index (χ4n) is 2.08. The van der Waals surface area contributed by atoms with E-state index >= 15 is 0 Å². The van der Waals surface area contributed by atoms with Gasteiger partial charge < -0.3 is 9.80 Å². The number of piperazine rings is 1. The van der Waals surface area contributed by atoms with Crippen molar-refractivity contribution in [2.24, 2.45) is 5.92 Å². The first-order valence-corrected chi connectivity index (χ1v) is 7.52. The molecule has 0 saturated carbocycles. The van der Waals surface area contributed by atoms with Gasteiger partial charge in [0, 0.05) is 32.1 Å². The van der Waals surface area contributed by atoms with Crippen LogP contribution >= 0.6 is 22.9 Å². The van der Waals surface area contributed by atoms with Gasteiger partial charge in [-0.05, 0) is 12.1 Å². The van der Waals surface area contributed by atoms with E-state index in [1.807, 2.05) is 18.7 Å². The SMILES string of the molecule is CC(C)C(=O)N1CCN(C(=O)c2ccc(Cl)s2)CC1. The third kappa shape index (κ3) is 3.28. The van der Waals surface area contributed by atoms with Gasteiger partial charge in [-0.2, -0.15) is 0 Å². The van der Waals surface area contributed by atoms with Gasteiger partial charge in [-0.25, -0.2) is 0 Å². The third-order valence-corrected chi connectivity index (χ3v) is 4.38. The topological polar surface area (TPSA) is 40.6 Å². The van der Waals surface area contributed by atoms with Crippen molar-refractivity contribution >= 4 is 34.8 Å². The minimum atomic E-state index is 0.00791. The van der Waals surface area contributed by atoms with Gasteiger partial charge in [0.25, 0.3) is 5.91 Å². The summed E-state index contributed by atoms with van der Waals surface area (Å²) in [6.07, 6.45) is 0. The highest BCUT2D eigenvalue weighted by Gasteiger charge is 2.26. The Hall–Kier alpha value is -1.07. The summed E-state index contributed by atoms with van der Waals surface area (Å²) in [7, 11) is 0. The van der Waals surface area contributed by atoms with E-state index in [0.717, 1.165) is 0 Å². The van der Waals surface area contributed by atoms with Crippen molar-refractivity contribution in [3.8, 4) is 0 Å². The highest BCUT2D eigenvalue weighted by atomic mass is 35.5. The first kappa shape index (κ1) is 14.3. The van der Waals surface area contributed by atoms with Gasteiger partial charge in [0.15, 0.2) is 0 Å². The van der Waals surface area contributed by atoms with Crippen molar-refractivity contribution in [2.45, 2.75) is 13.8 Å². The molecule has 1 aliphatic heterocycles. The summed E-state index contributed by atoms with van der Waals surface area (Å²) in [4.78, 5) is 28.3. The minimum Gasteiger partial charge on any atom is -0.339 e. The van der Waals surface area contributed by atoms with E-state index in [1.165, 1.54) is 11.3 Å². The molecule has 19 heavy (non-hydrogen) atoms. The molecule has 1 aliphatic rings. The van der Waals surface area contributed by atoms with Crippen molar-refractivity contribution in [1.29, 1.82) is 0 Å². The van der Waals surface area contributed by atoms with Crippen LogP contribution in [-0.4, -0.2) is 47.8 Å². The molecule has 104 valence electrons. The summed E-state index contributed by atoms with van der Waals surface area (Å²) in [5.74, 6) is 0.179. The first-order valence-electron chi connectivity index (χ1n) is 6.32. The zero-order valence-corrected chi connectivity index (χ0v) is 12.6. The van der Waals surface area contributed by atoms with E-state index in [0.29, 0.717) is 35.4 Å². The Morgan fingerprint density at radius 1 is 1.16 bits per heavy atom. The molecule has 1 aromatic rings. The molecule has 0 bridgehead atoms. The summed E-state index contributed by atoms with van der Waals surface area (Å²) in [6, 6.07) is 3.49. The number of amides is 2. The van der Waals surface area contributed by atoms with E-state index in [2.05, 4.69) is 0 Å². The molecule has 0 aromatic carbocycles. The fourth-order valence-corrected chi connectivity index (χ4v) is 3.09. The average Bonchev–Trinajstić information content (AvgIpc) is 2.84. The predicted octanol–water partition coefficient (Wildman–Crippen LogP) is 2.34. The van der Waals surface area contributed by atoms with Crippen molar-refractivity contribution in [3.63, 3.8) is 0 Å². The number of hydrogen-bond acceptors (Lipinski definition) is 3. The molecule has 0 aliphatic carbocycles. The van der Waals surface area contributed by atoms with Gasteiger partial charge in [0.1, 0.15) is 0 Å². The van der Waals surface area contributed by atoms with Crippen LogP contribution in [0.3, 0.4) is 0 Å². The molecule has 2 rings (SSSR count). The maximum atomic E-state index is 12.2. The molecule has 6 heteroatoms. The summed E-state index contributed by atoms with van der Waals surface area (Å²) < 4.78 is 0.622. The van der Waals surface area contributed by atoms with E-state index in [4.69, 9.17) is 11.6 Å². The average molecular weight is 301 g/mol. The number of carbonyl (C=O) groups is 2. The smallest absolute Gasteiger partial charge is 0.264 e. The Morgan fingerprint density at radius 2 is 1.74 bits per heavy atom. The van der Waals surface area contributed by atoms with Gasteiger partial charge in [0.05, 0.1) is 9.21 Å². The van der Waals surface area contributed by atoms with Gasteiger partial charge >= 0.3 is 0 Å². The lowest BCUT2D eigenvalue weighted by Gasteiger charge is -2.35. The van der Waals surface area contributed by atoms with E-state index in [-0.39, 0.29) is 17.7 Å². The Kier molecular flexibility index (Phi) is 4.47. The number of hydrogen-bond donors (Lipinski definition) is 0. The lowest BCUT2D eigenvalue weighted by atomic mass is 10.1. The number of nitrogens with zero attached hydrogens (tertiary/aromatic N) is 2. The first-order chi connectivity index (χ1) is 8.99. The lowest BCUT2D eigenvalue weighted by Crippen LogP contribution is -2.51. The Balaban J connectivity index is 1.93. The number of rotatable bonds is 2. The molecule has 2 amide bonds. The third-order valence-electron chi connectivity index (χ3n) is 3.16. The number of thiophene rings is 1. The van der Waals surface area contributed by atoms with Gasteiger partial charge in [-0.3, -0.25) is 9.59 Å². The van der Waals surface area contributed by atoms with Crippen molar-refractivity contribution in [1.82, 2.24) is 9.80 Å². The second-order valence-electron chi connectivity index (χ2n) is 4.88. The largest absolute Gasteiger partial charge is 0.339 e. The van der Waals surface area contributed by atoms with Gasteiger partial charge in [-0.15, -0.1) is 11.3 Å². The number of halogens is 1. The predicted molar refractivity (Wildman–Crippen MR) is 76.7 cm³/mol. The van der Waals surface area contributed by atoms with Crippen LogP contribution in [0.15, 0.2) is 12.1 Å². The standard InChI is InChI=1S/C13H17ClN2O2S/c1-9(2)12(17)15-5-7-16(8-6-15)13(18)10-3-4-11(14)19-10/h3-4,9H,5-8H2,1-2H3. The van der Waals surface area contributed by atoms with E-state index in [9.17, 15) is 9.59 Å². The molecule has 0 N–H and O–H groups in total. The van der Waals surface area contributed by atoms with Crippen LogP contribution in [0, 0.1) is 5.92 Å². The second-order valence-corrected chi connectivity index (χ2v) is 6.59. The number of carbonyl (C=O) groups excluding carboxylic acids is 2. The second kappa shape index (κ2) is 5.92. The summed E-state index contributed by atoms with van der Waals surface area (Å²) in [5, 5.41) is 0.